The van der Waals surface area contributed by atoms with Crippen molar-refractivity contribution in [3.8, 4) is 0 Å². The van der Waals surface area contributed by atoms with Gasteiger partial charge in [0, 0.05) is 13.1 Å². The Morgan fingerprint density at radius 1 is 1.40 bits per heavy atom. The average molecular weight is 297 g/mol. The molecule has 1 aromatic rings. The lowest BCUT2D eigenvalue weighted by Crippen LogP contribution is -2.49. The van der Waals surface area contributed by atoms with Crippen LogP contribution in [0.25, 0.3) is 0 Å². The molecule has 1 heterocycles. The predicted molar refractivity (Wildman–Crippen MR) is 77.0 cm³/mol. The Bertz CT molecular complexity index is 535. The van der Waals surface area contributed by atoms with E-state index in [9.17, 15) is 14.7 Å². The molecule has 5 nitrogen and oxygen atoms in total. The van der Waals surface area contributed by atoms with E-state index < -0.39 is 11.4 Å². The van der Waals surface area contributed by atoms with Gasteiger partial charge < -0.3 is 15.3 Å². The molecule has 1 aromatic carbocycles. The molecule has 1 unspecified atom stereocenters. The van der Waals surface area contributed by atoms with Crippen molar-refractivity contribution in [2.24, 2.45) is 5.41 Å². The maximum absolute atomic E-state index is 12.2. The largest absolute Gasteiger partial charge is 0.481 e. The maximum Gasteiger partial charge on any atom is 0.321 e. The number of benzene rings is 1. The van der Waals surface area contributed by atoms with E-state index in [0.29, 0.717) is 30.1 Å². The van der Waals surface area contributed by atoms with Crippen LogP contribution in [0.2, 0.25) is 5.02 Å². The second kappa shape index (κ2) is 5.71. The molecule has 1 aliphatic rings. The fourth-order valence-electron chi connectivity index (χ4n) is 2.34. The molecule has 1 fully saturated rings. The van der Waals surface area contributed by atoms with E-state index in [0.717, 1.165) is 0 Å². The standard InChI is InChI=1S/C14H17ClN2O3/c1-14(12(18)19)7-4-8-17(9-14)13(20)16-11-6-3-2-5-10(11)15/h2-3,5-6H,4,7-9H2,1H3,(H,16,20)(H,18,19). The summed E-state index contributed by atoms with van der Waals surface area (Å²) in [6.45, 7) is 2.43. The van der Waals surface area contributed by atoms with Crippen molar-refractivity contribution in [1.82, 2.24) is 4.90 Å². The highest BCUT2D eigenvalue weighted by molar-refractivity contribution is 6.33. The van der Waals surface area contributed by atoms with Gasteiger partial charge in [-0.15, -0.1) is 0 Å². The average Bonchev–Trinajstić information content (AvgIpc) is 2.41. The molecular weight excluding hydrogens is 280 g/mol. The van der Waals surface area contributed by atoms with Crippen molar-refractivity contribution in [2.45, 2.75) is 19.8 Å². The molecule has 6 heteroatoms. The number of likely N-dealkylation sites (tertiary alicyclic amines) is 1. The van der Waals surface area contributed by atoms with Crippen LogP contribution in [0.1, 0.15) is 19.8 Å². The second-order valence-electron chi connectivity index (χ2n) is 5.30. The zero-order chi connectivity index (χ0) is 14.8. The molecule has 2 amide bonds. The van der Waals surface area contributed by atoms with Gasteiger partial charge in [-0.05, 0) is 31.9 Å². The van der Waals surface area contributed by atoms with Crippen molar-refractivity contribution in [2.75, 3.05) is 18.4 Å². The number of hydrogen-bond donors (Lipinski definition) is 2. The molecule has 0 aliphatic carbocycles. The number of para-hydroxylation sites is 1. The fraction of sp³-hybridized carbons (Fsp3) is 0.429. The molecule has 0 aromatic heterocycles. The van der Waals surface area contributed by atoms with Gasteiger partial charge in [0.2, 0.25) is 0 Å². The van der Waals surface area contributed by atoms with Crippen LogP contribution in [0.4, 0.5) is 10.5 Å². The van der Waals surface area contributed by atoms with Gasteiger partial charge in [0.1, 0.15) is 0 Å². The number of nitrogens with zero attached hydrogens (tertiary/aromatic N) is 1. The van der Waals surface area contributed by atoms with E-state index in [1.54, 1.807) is 31.2 Å². The van der Waals surface area contributed by atoms with Gasteiger partial charge in [0.15, 0.2) is 0 Å². The summed E-state index contributed by atoms with van der Waals surface area (Å²) in [4.78, 5) is 25.0. The third kappa shape index (κ3) is 3.04. The van der Waals surface area contributed by atoms with Crippen molar-refractivity contribution in [3.05, 3.63) is 29.3 Å². The topological polar surface area (TPSA) is 69.6 Å². The summed E-state index contributed by atoms with van der Waals surface area (Å²) in [6.07, 6.45) is 1.26. The number of aliphatic carboxylic acids is 1. The zero-order valence-corrected chi connectivity index (χ0v) is 12.0. The summed E-state index contributed by atoms with van der Waals surface area (Å²) in [6, 6.07) is 6.64. The number of nitrogens with one attached hydrogen (secondary N) is 1. The van der Waals surface area contributed by atoms with E-state index >= 15 is 0 Å². The predicted octanol–water partition coefficient (Wildman–Crippen LogP) is 3.06. The number of urea groups is 1. The highest BCUT2D eigenvalue weighted by Gasteiger charge is 2.39. The van der Waals surface area contributed by atoms with Gasteiger partial charge in [-0.1, -0.05) is 23.7 Å². The van der Waals surface area contributed by atoms with Crippen LogP contribution in [0.5, 0.6) is 0 Å². The first-order chi connectivity index (χ1) is 9.42. The van der Waals surface area contributed by atoms with Crippen LogP contribution in [0.3, 0.4) is 0 Å². The number of carbonyl (C=O) groups excluding carboxylic acids is 1. The molecule has 20 heavy (non-hydrogen) atoms. The summed E-state index contributed by atoms with van der Waals surface area (Å²) < 4.78 is 0. The summed E-state index contributed by atoms with van der Waals surface area (Å²) in [5.41, 5.74) is -0.349. The van der Waals surface area contributed by atoms with Gasteiger partial charge in [-0.3, -0.25) is 4.79 Å². The molecule has 0 saturated carbocycles. The fourth-order valence-corrected chi connectivity index (χ4v) is 2.53. The minimum Gasteiger partial charge on any atom is -0.481 e. The second-order valence-corrected chi connectivity index (χ2v) is 5.71. The van der Waals surface area contributed by atoms with Crippen LogP contribution < -0.4 is 5.32 Å². The van der Waals surface area contributed by atoms with Gasteiger partial charge in [-0.25, -0.2) is 4.79 Å². The Morgan fingerprint density at radius 2 is 2.10 bits per heavy atom. The monoisotopic (exact) mass is 296 g/mol. The van der Waals surface area contributed by atoms with Crippen LogP contribution in [-0.4, -0.2) is 35.1 Å². The van der Waals surface area contributed by atoms with E-state index in [-0.39, 0.29) is 12.6 Å². The molecule has 2 N–H and O–H groups in total. The molecule has 1 saturated heterocycles. The van der Waals surface area contributed by atoms with E-state index in [4.69, 9.17) is 11.6 Å². The Labute approximate surface area is 122 Å². The third-order valence-electron chi connectivity index (χ3n) is 3.62. The van der Waals surface area contributed by atoms with Gasteiger partial charge in [0.25, 0.3) is 0 Å². The molecular formula is C14H17ClN2O3. The van der Waals surface area contributed by atoms with Crippen molar-refractivity contribution >= 4 is 29.3 Å². The summed E-state index contributed by atoms with van der Waals surface area (Å²) in [5, 5.41) is 12.4. The zero-order valence-electron chi connectivity index (χ0n) is 11.2. The maximum atomic E-state index is 12.2. The van der Waals surface area contributed by atoms with Crippen LogP contribution in [-0.2, 0) is 4.79 Å². The highest BCUT2D eigenvalue weighted by atomic mass is 35.5. The molecule has 1 aliphatic heterocycles. The Balaban J connectivity index is 2.06. The number of anilines is 1. The van der Waals surface area contributed by atoms with Gasteiger partial charge in [0.05, 0.1) is 16.1 Å². The lowest BCUT2D eigenvalue weighted by molar-refractivity contribution is -0.150. The molecule has 0 radical (unpaired) electrons. The molecule has 1 atom stereocenters. The van der Waals surface area contributed by atoms with Crippen molar-refractivity contribution in [3.63, 3.8) is 0 Å². The number of hydrogen-bond acceptors (Lipinski definition) is 2. The van der Waals surface area contributed by atoms with Crippen molar-refractivity contribution < 1.29 is 14.7 Å². The number of halogens is 1. The van der Waals surface area contributed by atoms with Crippen LogP contribution in [0, 0.1) is 5.41 Å². The van der Waals surface area contributed by atoms with E-state index in [2.05, 4.69) is 5.32 Å². The van der Waals surface area contributed by atoms with Gasteiger partial charge >= 0.3 is 12.0 Å². The number of carbonyl (C=O) groups is 2. The Morgan fingerprint density at radius 3 is 2.75 bits per heavy atom. The third-order valence-corrected chi connectivity index (χ3v) is 3.94. The van der Waals surface area contributed by atoms with Gasteiger partial charge in [-0.2, -0.15) is 0 Å². The number of amides is 2. The van der Waals surface area contributed by atoms with E-state index in [1.165, 1.54) is 4.90 Å². The first-order valence-electron chi connectivity index (χ1n) is 6.46. The first-order valence-corrected chi connectivity index (χ1v) is 6.84. The smallest absolute Gasteiger partial charge is 0.321 e. The Hall–Kier alpha value is -1.75. The quantitative estimate of drug-likeness (QED) is 0.881. The molecule has 0 bridgehead atoms. The van der Waals surface area contributed by atoms with E-state index in [1.807, 2.05) is 0 Å². The summed E-state index contributed by atoms with van der Waals surface area (Å²) in [5.74, 6) is -0.868. The normalized spacial score (nSPS) is 22.4. The number of rotatable bonds is 2. The molecule has 0 spiro atoms. The number of carboxylic acids is 1. The lowest BCUT2D eigenvalue weighted by Gasteiger charge is -2.37. The Kier molecular flexibility index (Phi) is 4.18. The van der Waals surface area contributed by atoms with Crippen molar-refractivity contribution in [1.29, 1.82) is 0 Å². The SMILES string of the molecule is CC1(C(=O)O)CCCN(C(=O)Nc2ccccc2Cl)C1. The van der Waals surface area contributed by atoms with Crippen LogP contribution in [0.15, 0.2) is 24.3 Å². The minimum absolute atomic E-state index is 0.207. The number of carboxylic acid groups (broad SMARTS) is 1. The summed E-state index contributed by atoms with van der Waals surface area (Å²) in [7, 11) is 0. The first kappa shape index (κ1) is 14.7. The lowest BCUT2D eigenvalue weighted by atomic mass is 9.82. The van der Waals surface area contributed by atoms with Crippen LogP contribution >= 0.6 is 11.6 Å². The summed E-state index contributed by atoms with van der Waals surface area (Å²) >= 11 is 5.99. The molecule has 2 rings (SSSR count). The minimum atomic E-state index is -0.879. The highest BCUT2D eigenvalue weighted by Crippen LogP contribution is 2.30. The number of piperidine rings is 1. The molecule has 108 valence electrons.